The van der Waals surface area contributed by atoms with Gasteiger partial charge in [0.15, 0.2) is 12.3 Å². The maximum Gasteiger partial charge on any atom is 0.341 e. The molecule has 0 radical (unpaired) electrons. The van der Waals surface area contributed by atoms with Crippen LogP contribution in [0.25, 0.3) is 0 Å². The molecule has 9 nitrogen and oxygen atoms in total. The Bertz CT molecular complexity index is 779. The molecular formula is C14H12N4O5. The van der Waals surface area contributed by atoms with Gasteiger partial charge in [-0.15, -0.1) is 0 Å². The molecule has 23 heavy (non-hydrogen) atoms. The topological polar surface area (TPSA) is 134 Å². The number of carbonyl (C=O) groups is 2. The number of aromatic nitrogens is 2. The first-order chi connectivity index (χ1) is 11.1. The summed E-state index contributed by atoms with van der Waals surface area (Å²) in [6.45, 7) is -0.488. The number of hydrogen-bond acceptors (Lipinski definition) is 6. The van der Waals surface area contributed by atoms with Crippen LogP contribution in [0.1, 0.15) is 16.1 Å². The van der Waals surface area contributed by atoms with Gasteiger partial charge in [0.05, 0.1) is 6.21 Å². The Kier molecular flexibility index (Phi) is 5.18. The van der Waals surface area contributed by atoms with Gasteiger partial charge in [-0.2, -0.15) is 10.2 Å². The quantitative estimate of drug-likeness (QED) is 0.507. The number of ether oxygens (including phenoxy) is 1. The van der Waals surface area contributed by atoms with E-state index in [9.17, 15) is 14.4 Å². The largest absolute Gasteiger partial charge is 0.481 e. The molecule has 2 rings (SSSR count). The fourth-order valence-corrected chi connectivity index (χ4v) is 1.55. The van der Waals surface area contributed by atoms with Crippen molar-refractivity contribution in [2.24, 2.45) is 5.10 Å². The summed E-state index contributed by atoms with van der Waals surface area (Å²) in [6, 6.07) is 9.03. The van der Waals surface area contributed by atoms with E-state index in [4.69, 9.17) is 9.84 Å². The van der Waals surface area contributed by atoms with Crippen molar-refractivity contribution in [1.29, 1.82) is 0 Å². The predicted molar refractivity (Wildman–Crippen MR) is 79.5 cm³/mol. The van der Waals surface area contributed by atoms with Gasteiger partial charge >= 0.3 is 5.97 Å². The van der Waals surface area contributed by atoms with Crippen LogP contribution in [0.15, 0.2) is 46.3 Å². The van der Waals surface area contributed by atoms with Gasteiger partial charge in [-0.1, -0.05) is 12.1 Å². The molecule has 0 aliphatic heterocycles. The molecule has 0 atom stereocenters. The smallest absolute Gasteiger partial charge is 0.341 e. The Hall–Kier alpha value is -3.49. The summed E-state index contributed by atoms with van der Waals surface area (Å²) in [6.07, 6.45) is 1.31. The number of aliphatic carboxylic acids is 1. The third-order valence-corrected chi connectivity index (χ3v) is 2.55. The molecular weight excluding hydrogens is 304 g/mol. The summed E-state index contributed by atoms with van der Waals surface area (Å²) >= 11 is 0. The first-order valence-corrected chi connectivity index (χ1v) is 6.39. The molecule has 3 N–H and O–H groups in total. The van der Waals surface area contributed by atoms with Gasteiger partial charge in [0.1, 0.15) is 5.75 Å². The lowest BCUT2D eigenvalue weighted by Crippen LogP contribution is -2.21. The van der Waals surface area contributed by atoms with Gasteiger partial charge in [0.25, 0.3) is 11.5 Å². The minimum atomic E-state index is -1.10. The molecule has 0 bridgehead atoms. The Morgan fingerprint density at radius 2 is 2.09 bits per heavy atom. The Labute approximate surface area is 129 Å². The molecule has 1 aromatic heterocycles. The van der Waals surface area contributed by atoms with Crippen molar-refractivity contribution in [1.82, 2.24) is 15.6 Å². The van der Waals surface area contributed by atoms with E-state index in [1.807, 2.05) is 0 Å². The zero-order valence-corrected chi connectivity index (χ0v) is 11.7. The van der Waals surface area contributed by atoms with E-state index in [1.54, 1.807) is 24.3 Å². The van der Waals surface area contributed by atoms with Crippen molar-refractivity contribution < 1.29 is 19.4 Å². The van der Waals surface area contributed by atoms with Crippen molar-refractivity contribution in [3.63, 3.8) is 0 Å². The summed E-state index contributed by atoms with van der Waals surface area (Å²) in [7, 11) is 0. The fraction of sp³-hybridized carbons (Fsp3) is 0.0714. The van der Waals surface area contributed by atoms with Gasteiger partial charge < -0.3 is 9.84 Å². The Morgan fingerprint density at radius 1 is 1.30 bits per heavy atom. The first-order valence-electron chi connectivity index (χ1n) is 6.39. The minimum Gasteiger partial charge on any atom is -0.481 e. The van der Waals surface area contributed by atoms with Crippen molar-refractivity contribution in [3.05, 3.63) is 58.0 Å². The predicted octanol–water partition coefficient (Wildman–Crippen LogP) is -0.00280. The van der Waals surface area contributed by atoms with Gasteiger partial charge in [0.2, 0.25) is 0 Å². The summed E-state index contributed by atoms with van der Waals surface area (Å²) in [4.78, 5) is 33.1. The highest BCUT2D eigenvalue weighted by Gasteiger charge is 2.06. The second kappa shape index (κ2) is 7.50. The van der Waals surface area contributed by atoms with E-state index in [0.717, 1.165) is 0 Å². The molecule has 0 spiro atoms. The number of nitrogens with zero attached hydrogens (tertiary/aromatic N) is 2. The number of para-hydroxylation sites is 1. The third kappa shape index (κ3) is 4.77. The van der Waals surface area contributed by atoms with E-state index in [1.165, 1.54) is 18.3 Å². The molecule has 118 valence electrons. The Balaban J connectivity index is 2.02. The number of carboxylic acids is 1. The highest BCUT2D eigenvalue weighted by molar-refractivity contribution is 5.93. The van der Waals surface area contributed by atoms with Crippen LogP contribution in [-0.4, -0.2) is 40.0 Å². The number of rotatable bonds is 6. The summed E-state index contributed by atoms with van der Waals surface area (Å²) in [5.74, 6) is -1.40. The van der Waals surface area contributed by atoms with E-state index in [0.29, 0.717) is 11.3 Å². The molecule has 0 saturated carbocycles. The number of H-pyrrole nitrogens is 1. The lowest BCUT2D eigenvalue weighted by atomic mass is 10.2. The zero-order chi connectivity index (χ0) is 16.7. The van der Waals surface area contributed by atoms with Gasteiger partial charge in [0, 0.05) is 11.6 Å². The van der Waals surface area contributed by atoms with Crippen molar-refractivity contribution >= 4 is 18.1 Å². The maximum atomic E-state index is 11.7. The van der Waals surface area contributed by atoms with E-state index in [2.05, 4.69) is 20.7 Å². The molecule has 1 amide bonds. The number of hydrazone groups is 1. The van der Waals surface area contributed by atoms with Crippen LogP contribution < -0.4 is 15.7 Å². The molecule has 1 aromatic carbocycles. The van der Waals surface area contributed by atoms with Crippen molar-refractivity contribution in [2.75, 3.05) is 6.61 Å². The lowest BCUT2D eigenvalue weighted by molar-refractivity contribution is -0.139. The highest BCUT2D eigenvalue weighted by atomic mass is 16.5. The third-order valence-electron chi connectivity index (χ3n) is 2.55. The molecule has 0 fully saturated rings. The molecule has 2 aromatic rings. The van der Waals surface area contributed by atoms with Crippen LogP contribution >= 0.6 is 0 Å². The van der Waals surface area contributed by atoms with Crippen LogP contribution in [0.3, 0.4) is 0 Å². The summed E-state index contributed by atoms with van der Waals surface area (Å²) in [5, 5.41) is 18.0. The zero-order valence-electron chi connectivity index (χ0n) is 11.7. The number of benzene rings is 1. The van der Waals surface area contributed by atoms with E-state index >= 15 is 0 Å². The fourth-order valence-electron chi connectivity index (χ4n) is 1.55. The maximum absolute atomic E-state index is 11.7. The standard InChI is InChI=1S/C14H12N4O5/c19-12-6-5-10(16-17-12)14(22)18-15-7-9-3-1-2-4-11(9)23-8-13(20)21/h1-7H,8H2,(H,17,19)(H,18,22)(H,20,21)/b15-7-. The average Bonchev–Trinajstić information content (AvgIpc) is 2.54. The number of aromatic amines is 1. The number of amides is 1. The molecule has 0 aliphatic carbocycles. The lowest BCUT2D eigenvalue weighted by Gasteiger charge is -2.06. The monoisotopic (exact) mass is 316 g/mol. The molecule has 9 heteroatoms. The number of nitrogens with one attached hydrogen (secondary N) is 2. The van der Waals surface area contributed by atoms with Crippen molar-refractivity contribution in [2.45, 2.75) is 0 Å². The Morgan fingerprint density at radius 3 is 2.78 bits per heavy atom. The van der Waals surface area contributed by atoms with Gasteiger partial charge in [-0.05, 0) is 18.2 Å². The second-order valence-electron chi connectivity index (χ2n) is 4.23. The van der Waals surface area contributed by atoms with Crippen LogP contribution in [-0.2, 0) is 4.79 Å². The SMILES string of the molecule is O=C(O)COc1ccccc1/C=N\NC(=O)c1ccc(=O)[nH]n1. The van der Waals surface area contributed by atoms with E-state index < -0.39 is 24.0 Å². The van der Waals surface area contributed by atoms with Crippen molar-refractivity contribution in [3.8, 4) is 5.75 Å². The van der Waals surface area contributed by atoms with Crippen LogP contribution in [0.5, 0.6) is 5.75 Å². The molecule has 0 unspecified atom stereocenters. The number of carbonyl (C=O) groups excluding carboxylic acids is 1. The summed E-state index contributed by atoms with van der Waals surface area (Å²) in [5.41, 5.74) is 2.30. The normalized spacial score (nSPS) is 10.4. The van der Waals surface area contributed by atoms with Gasteiger partial charge in [-0.3, -0.25) is 9.59 Å². The molecule has 0 aliphatic rings. The number of carboxylic acid groups (broad SMARTS) is 1. The van der Waals surface area contributed by atoms with Crippen LogP contribution in [0.4, 0.5) is 0 Å². The second-order valence-corrected chi connectivity index (χ2v) is 4.23. The van der Waals surface area contributed by atoms with E-state index in [-0.39, 0.29) is 5.69 Å². The molecule has 0 saturated heterocycles. The average molecular weight is 316 g/mol. The first kappa shape index (κ1) is 15.9. The summed E-state index contributed by atoms with van der Waals surface area (Å²) < 4.78 is 5.10. The van der Waals surface area contributed by atoms with Crippen LogP contribution in [0.2, 0.25) is 0 Å². The minimum absolute atomic E-state index is 0.00263. The number of hydrogen-bond donors (Lipinski definition) is 3. The van der Waals surface area contributed by atoms with Crippen LogP contribution in [0, 0.1) is 0 Å². The highest BCUT2D eigenvalue weighted by Crippen LogP contribution is 2.15. The molecule has 1 heterocycles. The van der Waals surface area contributed by atoms with Gasteiger partial charge in [-0.25, -0.2) is 15.3 Å².